The van der Waals surface area contributed by atoms with Crippen LogP contribution in [0.15, 0.2) is 42.5 Å². The number of amides is 2. The summed E-state index contributed by atoms with van der Waals surface area (Å²) in [4.78, 5) is 28.1. The van der Waals surface area contributed by atoms with Crippen LogP contribution in [0, 0.1) is 0 Å². The summed E-state index contributed by atoms with van der Waals surface area (Å²) in [6.45, 7) is 3.20. The van der Waals surface area contributed by atoms with Crippen LogP contribution in [0.3, 0.4) is 0 Å². The van der Waals surface area contributed by atoms with E-state index < -0.39 is 0 Å². The first-order chi connectivity index (χ1) is 13.6. The standard InChI is InChI=1S/C22H24ClN3O2/c23-20-7-2-1-6-19(20)22(28)26-12-10-25(11-13-26)15-21(27)24-18-9-8-16-4-3-5-17(16)14-18/h1-2,6-9,14H,3-5,10-13,15H2,(H,24,27)/p+1. The average molecular weight is 399 g/mol. The molecule has 0 atom stereocenters. The Hall–Kier alpha value is -2.37. The van der Waals surface area contributed by atoms with Crippen LogP contribution in [-0.4, -0.2) is 49.4 Å². The Labute approximate surface area is 170 Å². The van der Waals surface area contributed by atoms with Crippen LogP contribution in [0.4, 0.5) is 5.69 Å². The van der Waals surface area contributed by atoms with Crippen LogP contribution < -0.4 is 10.2 Å². The summed E-state index contributed by atoms with van der Waals surface area (Å²) < 4.78 is 0. The van der Waals surface area contributed by atoms with Gasteiger partial charge in [0.15, 0.2) is 6.54 Å². The van der Waals surface area contributed by atoms with Crippen molar-refractivity contribution in [1.82, 2.24) is 4.90 Å². The van der Waals surface area contributed by atoms with Gasteiger partial charge in [0.1, 0.15) is 0 Å². The Morgan fingerprint density at radius 2 is 1.79 bits per heavy atom. The van der Waals surface area contributed by atoms with E-state index in [0.29, 0.717) is 30.2 Å². The number of fused-ring (bicyclic) bond motifs is 1. The van der Waals surface area contributed by atoms with E-state index in [4.69, 9.17) is 11.6 Å². The van der Waals surface area contributed by atoms with Crippen LogP contribution >= 0.6 is 11.6 Å². The van der Waals surface area contributed by atoms with Crippen molar-refractivity contribution in [3.05, 3.63) is 64.2 Å². The number of anilines is 1. The van der Waals surface area contributed by atoms with Crippen molar-refractivity contribution in [2.75, 3.05) is 38.0 Å². The number of nitrogens with zero attached hydrogens (tertiary/aromatic N) is 1. The number of rotatable bonds is 4. The van der Waals surface area contributed by atoms with E-state index in [9.17, 15) is 9.59 Å². The molecule has 4 rings (SSSR count). The fourth-order valence-electron chi connectivity index (χ4n) is 4.09. The molecule has 2 aromatic rings. The average Bonchev–Trinajstić information content (AvgIpc) is 3.16. The predicted molar refractivity (Wildman–Crippen MR) is 110 cm³/mol. The summed E-state index contributed by atoms with van der Waals surface area (Å²) >= 11 is 6.14. The first-order valence-electron chi connectivity index (χ1n) is 9.89. The number of carbonyl (C=O) groups is 2. The van der Waals surface area contributed by atoms with Gasteiger partial charge in [-0.25, -0.2) is 0 Å². The van der Waals surface area contributed by atoms with Crippen LogP contribution in [0.5, 0.6) is 0 Å². The van der Waals surface area contributed by atoms with E-state index in [1.807, 2.05) is 23.1 Å². The van der Waals surface area contributed by atoms with Gasteiger partial charge in [-0.3, -0.25) is 9.59 Å². The summed E-state index contributed by atoms with van der Waals surface area (Å²) in [6, 6.07) is 13.4. The van der Waals surface area contributed by atoms with Crippen LogP contribution in [-0.2, 0) is 17.6 Å². The van der Waals surface area contributed by atoms with Gasteiger partial charge in [0.2, 0.25) is 0 Å². The highest BCUT2D eigenvalue weighted by atomic mass is 35.5. The van der Waals surface area contributed by atoms with Gasteiger partial charge in [0.05, 0.1) is 36.8 Å². The molecule has 2 aliphatic rings. The highest BCUT2D eigenvalue weighted by Crippen LogP contribution is 2.24. The molecule has 146 valence electrons. The van der Waals surface area contributed by atoms with E-state index in [1.165, 1.54) is 22.4 Å². The summed E-state index contributed by atoms with van der Waals surface area (Å²) in [6.07, 6.45) is 3.45. The van der Waals surface area contributed by atoms with Crippen LogP contribution in [0.1, 0.15) is 27.9 Å². The van der Waals surface area contributed by atoms with Crippen molar-refractivity contribution < 1.29 is 14.5 Å². The van der Waals surface area contributed by atoms with Gasteiger partial charge in [-0.15, -0.1) is 0 Å². The maximum Gasteiger partial charge on any atom is 0.279 e. The van der Waals surface area contributed by atoms with E-state index in [2.05, 4.69) is 17.4 Å². The minimum atomic E-state index is -0.0350. The monoisotopic (exact) mass is 398 g/mol. The van der Waals surface area contributed by atoms with E-state index in [1.54, 1.807) is 12.1 Å². The van der Waals surface area contributed by atoms with Crippen molar-refractivity contribution in [3.8, 4) is 0 Å². The second kappa shape index (κ2) is 8.33. The Kier molecular flexibility index (Phi) is 5.64. The third-order valence-electron chi connectivity index (χ3n) is 5.65. The van der Waals surface area contributed by atoms with Crippen molar-refractivity contribution in [1.29, 1.82) is 0 Å². The summed E-state index contributed by atoms with van der Waals surface area (Å²) in [5, 5.41) is 3.51. The smallest absolute Gasteiger partial charge is 0.279 e. The maximum absolute atomic E-state index is 12.6. The molecule has 6 heteroatoms. The molecule has 2 aromatic carbocycles. The Balaban J connectivity index is 1.28. The molecule has 0 bridgehead atoms. The fourth-order valence-corrected chi connectivity index (χ4v) is 4.31. The largest absolute Gasteiger partial charge is 0.327 e. The molecule has 0 radical (unpaired) electrons. The van der Waals surface area contributed by atoms with E-state index in [-0.39, 0.29) is 11.8 Å². The van der Waals surface area contributed by atoms with Crippen LogP contribution in [0.25, 0.3) is 0 Å². The number of piperazine rings is 1. The molecule has 2 amide bonds. The molecule has 28 heavy (non-hydrogen) atoms. The van der Waals surface area contributed by atoms with Crippen molar-refractivity contribution in [2.45, 2.75) is 19.3 Å². The SMILES string of the molecule is O=C(C[NH+]1CCN(C(=O)c2ccccc2Cl)CC1)Nc1ccc2c(c1)CCC2. The highest BCUT2D eigenvalue weighted by molar-refractivity contribution is 6.33. The zero-order chi connectivity index (χ0) is 19.5. The second-order valence-corrected chi connectivity index (χ2v) is 7.99. The van der Waals surface area contributed by atoms with Crippen molar-refractivity contribution >= 4 is 29.1 Å². The number of benzene rings is 2. The highest BCUT2D eigenvalue weighted by Gasteiger charge is 2.26. The molecular formula is C22H25ClN3O2+. The molecule has 0 aromatic heterocycles. The zero-order valence-corrected chi connectivity index (χ0v) is 16.6. The lowest BCUT2D eigenvalue weighted by Gasteiger charge is -2.32. The predicted octanol–water partition coefficient (Wildman–Crippen LogP) is 1.81. The molecule has 1 aliphatic carbocycles. The van der Waals surface area contributed by atoms with Gasteiger partial charge in [0, 0.05) is 5.69 Å². The number of hydrogen-bond donors (Lipinski definition) is 2. The minimum absolute atomic E-state index is 0.0267. The number of quaternary nitrogens is 1. The molecular weight excluding hydrogens is 374 g/mol. The molecule has 2 N–H and O–H groups in total. The third kappa shape index (κ3) is 4.21. The summed E-state index contributed by atoms with van der Waals surface area (Å²) in [5.41, 5.74) is 4.19. The molecule has 1 heterocycles. The molecule has 0 spiro atoms. The third-order valence-corrected chi connectivity index (χ3v) is 5.98. The van der Waals surface area contributed by atoms with Crippen molar-refractivity contribution in [3.63, 3.8) is 0 Å². The first kappa shape index (κ1) is 19.0. The fraction of sp³-hybridized carbons (Fsp3) is 0.364. The molecule has 1 aliphatic heterocycles. The lowest BCUT2D eigenvalue weighted by Crippen LogP contribution is -3.15. The molecule has 1 fully saturated rings. The zero-order valence-electron chi connectivity index (χ0n) is 15.8. The lowest BCUT2D eigenvalue weighted by atomic mass is 10.1. The van der Waals surface area contributed by atoms with E-state index in [0.717, 1.165) is 31.6 Å². The maximum atomic E-state index is 12.6. The number of halogens is 1. The Bertz CT molecular complexity index is 891. The lowest BCUT2D eigenvalue weighted by molar-refractivity contribution is -0.895. The molecule has 1 saturated heterocycles. The summed E-state index contributed by atoms with van der Waals surface area (Å²) in [7, 11) is 0. The van der Waals surface area contributed by atoms with Gasteiger partial charge in [-0.2, -0.15) is 0 Å². The number of carbonyl (C=O) groups excluding carboxylic acids is 2. The minimum Gasteiger partial charge on any atom is -0.327 e. The Morgan fingerprint density at radius 3 is 2.57 bits per heavy atom. The topological polar surface area (TPSA) is 53.9 Å². The number of nitrogens with one attached hydrogen (secondary N) is 2. The van der Waals surface area contributed by atoms with Gasteiger partial charge in [-0.05, 0) is 54.7 Å². The number of aryl methyl sites for hydroxylation is 2. The summed E-state index contributed by atoms with van der Waals surface area (Å²) in [5.74, 6) is -0.00827. The van der Waals surface area contributed by atoms with Gasteiger partial charge >= 0.3 is 0 Å². The van der Waals surface area contributed by atoms with Crippen molar-refractivity contribution in [2.24, 2.45) is 0 Å². The van der Waals surface area contributed by atoms with Gasteiger partial charge in [0.25, 0.3) is 11.8 Å². The molecule has 0 unspecified atom stereocenters. The van der Waals surface area contributed by atoms with E-state index >= 15 is 0 Å². The first-order valence-corrected chi connectivity index (χ1v) is 10.3. The Morgan fingerprint density at radius 1 is 1.04 bits per heavy atom. The normalized spacial score (nSPS) is 16.7. The number of hydrogen-bond acceptors (Lipinski definition) is 2. The quantitative estimate of drug-likeness (QED) is 0.825. The van der Waals surface area contributed by atoms with Gasteiger partial charge in [-0.1, -0.05) is 29.8 Å². The van der Waals surface area contributed by atoms with Gasteiger partial charge < -0.3 is 15.1 Å². The van der Waals surface area contributed by atoms with Crippen LogP contribution in [0.2, 0.25) is 5.02 Å². The molecule has 0 saturated carbocycles. The second-order valence-electron chi connectivity index (χ2n) is 7.58. The molecule has 5 nitrogen and oxygen atoms in total.